The first-order valence-electron chi connectivity index (χ1n) is 5.84. The summed E-state index contributed by atoms with van der Waals surface area (Å²) in [7, 11) is 1.26. The van der Waals surface area contributed by atoms with Crippen LogP contribution in [0.4, 0.5) is 0 Å². The van der Waals surface area contributed by atoms with E-state index in [9.17, 15) is 15.0 Å². The number of fused-ring (bicyclic) bond motifs is 1. The molecule has 2 N–H and O–H groups in total. The lowest BCUT2D eigenvalue weighted by Crippen LogP contribution is -2.23. The summed E-state index contributed by atoms with van der Waals surface area (Å²) in [6.07, 6.45) is 2.30. The molecule has 0 heterocycles. The molecule has 1 aliphatic carbocycles. The Balaban J connectivity index is 2.17. The van der Waals surface area contributed by atoms with Gasteiger partial charge in [0.05, 0.1) is 19.6 Å². The van der Waals surface area contributed by atoms with E-state index in [0.717, 1.165) is 17.5 Å². The maximum absolute atomic E-state index is 11.1. The van der Waals surface area contributed by atoms with Crippen molar-refractivity contribution in [1.82, 2.24) is 0 Å². The fourth-order valence-electron chi connectivity index (χ4n) is 2.17. The summed E-state index contributed by atoms with van der Waals surface area (Å²) < 4.78 is 4.48. The Hall–Kier alpha value is -1.65. The predicted molar refractivity (Wildman–Crippen MR) is 66.8 cm³/mol. The molecule has 0 amide bonds. The number of allylic oxidation sites excluding steroid dienone is 1. The van der Waals surface area contributed by atoms with Crippen LogP contribution in [0.5, 0.6) is 0 Å². The molecule has 0 aromatic heterocycles. The molecular weight excluding hydrogens is 232 g/mol. The van der Waals surface area contributed by atoms with Gasteiger partial charge in [0, 0.05) is 0 Å². The second-order valence-electron chi connectivity index (χ2n) is 4.31. The zero-order chi connectivity index (χ0) is 13.1. The monoisotopic (exact) mass is 248 g/mol. The average Bonchev–Trinajstić information content (AvgIpc) is 2.85. The van der Waals surface area contributed by atoms with E-state index in [4.69, 9.17) is 0 Å². The normalized spacial score (nSPS) is 16.2. The van der Waals surface area contributed by atoms with E-state index in [-0.39, 0.29) is 6.42 Å². The number of rotatable bonds is 4. The van der Waals surface area contributed by atoms with Gasteiger partial charge in [-0.25, -0.2) is 0 Å². The van der Waals surface area contributed by atoms with E-state index >= 15 is 0 Å². The van der Waals surface area contributed by atoms with Gasteiger partial charge < -0.3 is 14.9 Å². The van der Waals surface area contributed by atoms with Crippen LogP contribution in [-0.2, 0) is 16.0 Å². The molecule has 1 aromatic carbocycles. The van der Waals surface area contributed by atoms with Crippen LogP contribution < -0.4 is 0 Å². The number of aliphatic hydroxyl groups is 2. The van der Waals surface area contributed by atoms with Crippen molar-refractivity contribution in [3.05, 3.63) is 41.0 Å². The number of hydrogen-bond donors (Lipinski definition) is 2. The molecular formula is C14H16O4. The number of benzene rings is 1. The number of carbonyl (C=O) groups is 1. The van der Waals surface area contributed by atoms with E-state index in [1.165, 1.54) is 7.11 Å². The van der Waals surface area contributed by atoms with Gasteiger partial charge in [0.15, 0.2) is 0 Å². The highest BCUT2D eigenvalue weighted by molar-refractivity contribution is 5.70. The van der Waals surface area contributed by atoms with Gasteiger partial charge >= 0.3 is 5.97 Å². The van der Waals surface area contributed by atoms with Crippen molar-refractivity contribution in [3.63, 3.8) is 0 Å². The maximum Gasteiger partial charge on any atom is 0.308 e. The van der Waals surface area contributed by atoms with E-state index < -0.39 is 18.2 Å². The molecule has 0 aliphatic heterocycles. The SMILES string of the molecule is COC(=O)CC(O)C(O)c1cccc2c1CC=C2. The average molecular weight is 248 g/mol. The Morgan fingerprint density at radius 2 is 2.22 bits per heavy atom. The smallest absolute Gasteiger partial charge is 0.308 e. The summed E-state index contributed by atoms with van der Waals surface area (Å²) in [6, 6.07) is 5.57. The van der Waals surface area contributed by atoms with Crippen molar-refractivity contribution in [3.8, 4) is 0 Å². The molecule has 1 aromatic rings. The van der Waals surface area contributed by atoms with Crippen molar-refractivity contribution in [1.29, 1.82) is 0 Å². The number of aliphatic hydroxyl groups excluding tert-OH is 2. The molecule has 0 saturated heterocycles. The van der Waals surface area contributed by atoms with E-state index in [1.54, 1.807) is 6.07 Å². The summed E-state index contributed by atoms with van der Waals surface area (Å²) in [5, 5.41) is 19.9. The predicted octanol–water partition coefficient (Wildman–Crippen LogP) is 1.21. The lowest BCUT2D eigenvalue weighted by atomic mass is 9.94. The molecule has 0 fully saturated rings. The second kappa shape index (κ2) is 5.33. The first kappa shape index (κ1) is 12.8. The molecule has 0 bridgehead atoms. The fraction of sp³-hybridized carbons (Fsp3) is 0.357. The largest absolute Gasteiger partial charge is 0.469 e. The highest BCUT2D eigenvalue weighted by atomic mass is 16.5. The van der Waals surface area contributed by atoms with Crippen molar-refractivity contribution in [2.45, 2.75) is 25.0 Å². The second-order valence-corrected chi connectivity index (χ2v) is 4.31. The number of ether oxygens (including phenoxy) is 1. The fourth-order valence-corrected chi connectivity index (χ4v) is 2.17. The molecule has 2 unspecified atom stereocenters. The van der Waals surface area contributed by atoms with Crippen molar-refractivity contribution in [2.75, 3.05) is 7.11 Å². The van der Waals surface area contributed by atoms with Gasteiger partial charge in [-0.05, 0) is 23.1 Å². The Bertz CT molecular complexity index is 479. The standard InChI is InChI=1S/C14H16O4/c1-18-13(16)8-12(15)14(17)11-7-3-5-9-4-2-6-10(9)11/h2-5,7,12,14-15,17H,6,8H2,1H3. The lowest BCUT2D eigenvalue weighted by Gasteiger charge is -2.20. The topological polar surface area (TPSA) is 66.8 Å². The van der Waals surface area contributed by atoms with Crippen molar-refractivity contribution >= 4 is 12.0 Å². The van der Waals surface area contributed by atoms with Crippen LogP contribution in [0.1, 0.15) is 29.2 Å². The number of carbonyl (C=O) groups excluding carboxylic acids is 1. The highest BCUT2D eigenvalue weighted by Crippen LogP contribution is 2.29. The minimum Gasteiger partial charge on any atom is -0.469 e. The third-order valence-electron chi connectivity index (χ3n) is 3.15. The van der Waals surface area contributed by atoms with Crippen LogP contribution in [0.3, 0.4) is 0 Å². The zero-order valence-corrected chi connectivity index (χ0v) is 10.2. The van der Waals surface area contributed by atoms with Gasteiger partial charge in [0.2, 0.25) is 0 Å². The van der Waals surface area contributed by atoms with Gasteiger partial charge in [-0.3, -0.25) is 4.79 Å². The first-order valence-corrected chi connectivity index (χ1v) is 5.84. The van der Waals surface area contributed by atoms with Crippen LogP contribution in [0.15, 0.2) is 24.3 Å². The minimum atomic E-state index is -1.15. The molecule has 0 spiro atoms. The number of hydrogen-bond acceptors (Lipinski definition) is 4. The Kier molecular flexibility index (Phi) is 3.79. The molecule has 0 saturated carbocycles. The van der Waals surface area contributed by atoms with Gasteiger partial charge in [-0.15, -0.1) is 0 Å². The van der Waals surface area contributed by atoms with Gasteiger partial charge in [0.25, 0.3) is 0 Å². The molecule has 18 heavy (non-hydrogen) atoms. The molecule has 4 heteroatoms. The van der Waals surface area contributed by atoms with Crippen LogP contribution in [-0.4, -0.2) is 29.4 Å². The first-order chi connectivity index (χ1) is 8.63. The highest BCUT2D eigenvalue weighted by Gasteiger charge is 2.25. The molecule has 1 aliphatic rings. The molecule has 0 radical (unpaired) electrons. The van der Waals surface area contributed by atoms with Crippen molar-refractivity contribution in [2.24, 2.45) is 0 Å². The summed E-state index contributed by atoms with van der Waals surface area (Å²) in [5.41, 5.74) is 2.74. The number of esters is 1. The van der Waals surface area contributed by atoms with Gasteiger partial charge in [0.1, 0.15) is 6.10 Å². The Labute approximate surface area is 106 Å². The molecule has 2 rings (SSSR count). The van der Waals surface area contributed by atoms with Crippen LogP contribution in [0.25, 0.3) is 6.08 Å². The quantitative estimate of drug-likeness (QED) is 0.786. The van der Waals surface area contributed by atoms with Crippen molar-refractivity contribution < 1.29 is 19.7 Å². The minimum absolute atomic E-state index is 0.214. The lowest BCUT2D eigenvalue weighted by molar-refractivity contribution is -0.144. The van der Waals surface area contributed by atoms with E-state index in [2.05, 4.69) is 4.74 Å². The van der Waals surface area contributed by atoms with E-state index in [0.29, 0.717) is 5.56 Å². The molecule has 4 nitrogen and oxygen atoms in total. The third kappa shape index (κ3) is 2.44. The molecule has 2 atom stereocenters. The third-order valence-corrected chi connectivity index (χ3v) is 3.15. The Morgan fingerprint density at radius 1 is 1.44 bits per heavy atom. The summed E-state index contributed by atoms with van der Waals surface area (Å²) in [5.74, 6) is -0.535. The molecule has 96 valence electrons. The van der Waals surface area contributed by atoms with Gasteiger partial charge in [-0.1, -0.05) is 30.4 Å². The van der Waals surface area contributed by atoms with Crippen LogP contribution >= 0.6 is 0 Å². The van der Waals surface area contributed by atoms with E-state index in [1.807, 2.05) is 24.3 Å². The van der Waals surface area contributed by atoms with Gasteiger partial charge in [-0.2, -0.15) is 0 Å². The summed E-state index contributed by atoms with van der Waals surface area (Å²) in [4.78, 5) is 11.1. The Morgan fingerprint density at radius 3 is 2.94 bits per heavy atom. The summed E-state index contributed by atoms with van der Waals surface area (Å²) >= 11 is 0. The van der Waals surface area contributed by atoms with Crippen LogP contribution in [0, 0.1) is 0 Å². The zero-order valence-electron chi connectivity index (χ0n) is 10.2. The van der Waals surface area contributed by atoms with Crippen LogP contribution in [0.2, 0.25) is 0 Å². The summed E-state index contributed by atoms with van der Waals surface area (Å²) in [6.45, 7) is 0. The maximum atomic E-state index is 11.1. The number of methoxy groups -OCH3 is 1.